The van der Waals surface area contributed by atoms with Crippen LogP contribution in [0.15, 0.2) is 71.5 Å². The number of benzene rings is 3. The van der Waals surface area contributed by atoms with Crippen LogP contribution in [0.2, 0.25) is 15.1 Å². The first-order valence-corrected chi connectivity index (χ1v) is 10.8. The van der Waals surface area contributed by atoms with Crippen LogP contribution in [0.4, 0.5) is 0 Å². The van der Waals surface area contributed by atoms with Crippen molar-refractivity contribution in [2.75, 3.05) is 0 Å². The van der Waals surface area contributed by atoms with Gasteiger partial charge < -0.3 is 4.98 Å². The molecule has 2 aromatic heterocycles. The Morgan fingerprint density at radius 2 is 1.67 bits per heavy atom. The summed E-state index contributed by atoms with van der Waals surface area (Å²) in [6.07, 6.45) is 0. The highest BCUT2D eigenvalue weighted by Crippen LogP contribution is 2.31. The molecule has 0 bridgehead atoms. The van der Waals surface area contributed by atoms with E-state index in [0.717, 1.165) is 5.56 Å². The number of aromatic nitrogens is 4. The SMILES string of the molecule is N#Cc1cccc(-n2c(-c3ccc(Cl)cc3)nc3nc(-c4ccc(Cl)cc4Cl)[nH]c(=O)c32)c1. The van der Waals surface area contributed by atoms with Gasteiger partial charge in [-0.2, -0.15) is 5.26 Å². The van der Waals surface area contributed by atoms with E-state index in [0.29, 0.717) is 37.7 Å². The molecule has 0 radical (unpaired) electrons. The number of nitrogens with zero attached hydrogens (tertiary/aromatic N) is 4. The number of hydrogen-bond acceptors (Lipinski definition) is 4. The zero-order valence-corrected chi connectivity index (χ0v) is 18.9. The molecule has 0 aliphatic rings. The van der Waals surface area contributed by atoms with Gasteiger partial charge in [0, 0.05) is 26.9 Å². The van der Waals surface area contributed by atoms with Crippen molar-refractivity contribution in [2.45, 2.75) is 0 Å². The molecule has 0 aliphatic carbocycles. The molecule has 1 N–H and O–H groups in total. The second-order valence-corrected chi connectivity index (χ2v) is 8.43. The van der Waals surface area contributed by atoms with E-state index in [1.54, 1.807) is 71.3 Å². The lowest BCUT2D eigenvalue weighted by Gasteiger charge is -2.10. The highest BCUT2D eigenvalue weighted by atomic mass is 35.5. The molecular weight excluding hydrogens is 481 g/mol. The summed E-state index contributed by atoms with van der Waals surface area (Å²) in [5.41, 5.74) is 2.36. The molecule has 0 fully saturated rings. The van der Waals surface area contributed by atoms with Gasteiger partial charge in [-0.3, -0.25) is 9.36 Å². The van der Waals surface area contributed by atoms with Crippen molar-refractivity contribution in [3.05, 3.63) is 97.7 Å². The molecule has 33 heavy (non-hydrogen) atoms. The van der Waals surface area contributed by atoms with Gasteiger partial charge in [-0.15, -0.1) is 0 Å². The maximum atomic E-state index is 13.3. The van der Waals surface area contributed by atoms with Crippen LogP contribution in [0.3, 0.4) is 0 Å². The van der Waals surface area contributed by atoms with Gasteiger partial charge in [0.2, 0.25) is 0 Å². The number of nitriles is 1. The highest BCUT2D eigenvalue weighted by Gasteiger charge is 2.20. The minimum atomic E-state index is -0.406. The van der Waals surface area contributed by atoms with Crippen LogP contribution < -0.4 is 5.56 Å². The fourth-order valence-corrected chi connectivity index (χ4v) is 4.18. The smallest absolute Gasteiger partial charge is 0.277 e. The fourth-order valence-electron chi connectivity index (χ4n) is 3.56. The largest absolute Gasteiger partial charge is 0.305 e. The average Bonchev–Trinajstić information content (AvgIpc) is 3.19. The number of hydrogen-bond donors (Lipinski definition) is 1. The highest BCUT2D eigenvalue weighted by molar-refractivity contribution is 6.36. The van der Waals surface area contributed by atoms with Gasteiger partial charge >= 0.3 is 0 Å². The molecule has 6 nitrogen and oxygen atoms in total. The summed E-state index contributed by atoms with van der Waals surface area (Å²) >= 11 is 18.4. The predicted molar refractivity (Wildman–Crippen MR) is 130 cm³/mol. The van der Waals surface area contributed by atoms with Crippen molar-refractivity contribution in [1.29, 1.82) is 5.26 Å². The molecule has 0 aliphatic heterocycles. The molecule has 2 heterocycles. The first-order valence-electron chi connectivity index (χ1n) is 9.69. The molecule has 0 saturated carbocycles. The topological polar surface area (TPSA) is 87.4 Å². The van der Waals surface area contributed by atoms with Crippen LogP contribution in [0.1, 0.15) is 5.56 Å². The number of halogens is 3. The van der Waals surface area contributed by atoms with Crippen LogP contribution in [0.5, 0.6) is 0 Å². The lowest BCUT2D eigenvalue weighted by molar-refractivity contribution is 1.08. The van der Waals surface area contributed by atoms with Gasteiger partial charge in [0.05, 0.1) is 16.7 Å². The Bertz CT molecular complexity index is 1630. The van der Waals surface area contributed by atoms with Crippen molar-refractivity contribution < 1.29 is 0 Å². The van der Waals surface area contributed by atoms with Crippen molar-refractivity contribution in [1.82, 2.24) is 19.5 Å². The van der Waals surface area contributed by atoms with E-state index in [4.69, 9.17) is 34.8 Å². The number of fused-ring (bicyclic) bond motifs is 1. The molecule has 0 saturated heterocycles. The number of rotatable bonds is 3. The van der Waals surface area contributed by atoms with E-state index in [9.17, 15) is 10.1 Å². The first kappa shape index (κ1) is 21.2. The van der Waals surface area contributed by atoms with Crippen molar-refractivity contribution in [3.63, 3.8) is 0 Å². The molecule has 0 spiro atoms. The molecule has 0 amide bonds. The quantitative estimate of drug-likeness (QED) is 0.321. The fraction of sp³-hybridized carbons (Fsp3) is 0. The molecular formula is C24H12Cl3N5O. The summed E-state index contributed by atoms with van der Waals surface area (Å²) in [5.74, 6) is 0.751. The van der Waals surface area contributed by atoms with E-state index in [1.165, 1.54) is 0 Å². The van der Waals surface area contributed by atoms with Gasteiger partial charge in [-0.1, -0.05) is 40.9 Å². The third-order valence-electron chi connectivity index (χ3n) is 5.05. The molecule has 5 aromatic rings. The number of aromatic amines is 1. The third kappa shape index (κ3) is 3.87. The Hall–Kier alpha value is -3.63. The second kappa shape index (κ2) is 8.38. The predicted octanol–water partition coefficient (Wildman–Crippen LogP) is 6.27. The van der Waals surface area contributed by atoms with E-state index in [-0.39, 0.29) is 17.0 Å². The molecule has 0 unspecified atom stereocenters. The maximum absolute atomic E-state index is 13.3. The number of nitrogens with one attached hydrogen (secondary N) is 1. The normalized spacial score (nSPS) is 11.0. The van der Waals surface area contributed by atoms with Gasteiger partial charge in [0.15, 0.2) is 11.2 Å². The van der Waals surface area contributed by atoms with E-state index < -0.39 is 5.56 Å². The standard InChI is InChI=1S/C24H12Cl3N5O/c25-15-6-4-14(5-7-15)23-30-22-20(32(23)17-3-1-2-13(10-17)12-28)24(33)31-21(29-22)18-9-8-16(26)11-19(18)27/h1-11H,(H,29,31,33). The molecule has 0 atom stereocenters. The minimum absolute atomic E-state index is 0.229. The van der Waals surface area contributed by atoms with E-state index >= 15 is 0 Å². The van der Waals surface area contributed by atoms with Crippen LogP contribution in [-0.2, 0) is 0 Å². The third-order valence-corrected chi connectivity index (χ3v) is 5.85. The number of H-pyrrole nitrogens is 1. The number of imidazole rings is 1. The Balaban J connectivity index is 1.82. The van der Waals surface area contributed by atoms with Crippen LogP contribution in [-0.4, -0.2) is 19.5 Å². The van der Waals surface area contributed by atoms with Gasteiger partial charge in [-0.05, 0) is 60.7 Å². The lowest BCUT2D eigenvalue weighted by atomic mass is 10.2. The average molecular weight is 493 g/mol. The van der Waals surface area contributed by atoms with Crippen LogP contribution in [0, 0.1) is 11.3 Å². The lowest BCUT2D eigenvalue weighted by Crippen LogP contribution is -2.13. The van der Waals surface area contributed by atoms with Crippen molar-refractivity contribution in [3.8, 4) is 34.5 Å². The van der Waals surface area contributed by atoms with Crippen molar-refractivity contribution >= 4 is 46.0 Å². The Morgan fingerprint density at radius 1 is 0.909 bits per heavy atom. The Labute approximate surface area is 202 Å². The minimum Gasteiger partial charge on any atom is -0.305 e. The summed E-state index contributed by atoms with van der Waals surface area (Å²) < 4.78 is 1.68. The maximum Gasteiger partial charge on any atom is 0.277 e. The monoisotopic (exact) mass is 491 g/mol. The molecule has 3 aromatic carbocycles. The summed E-state index contributed by atoms with van der Waals surface area (Å²) in [4.78, 5) is 25.3. The van der Waals surface area contributed by atoms with Crippen LogP contribution in [0.25, 0.3) is 39.6 Å². The first-order chi connectivity index (χ1) is 15.9. The van der Waals surface area contributed by atoms with E-state index in [1.807, 2.05) is 0 Å². The zero-order chi connectivity index (χ0) is 23.1. The van der Waals surface area contributed by atoms with Gasteiger partial charge in [-0.25, -0.2) is 9.97 Å². The Kier molecular flexibility index (Phi) is 5.39. The second-order valence-electron chi connectivity index (χ2n) is 7.15. The van der Waals surface area contributed by atoms with Gasteiger partial charge in [0.25, 0.3) is 5.56 Å². The zero-order valence-electron chi connectivity index (χ0n) is 16.7. The summed E-state index contributed by atoms with van der Waals surface area (Å²) in [5, 5.41) is 10.8. The summed E-state index contributed by atoms with van der Waals surface area (Å²) in [6, 6.07) is 21.0. The molecule has 5 rings (SSSR count). The van der Waals surface area contributed by atoms with Crippen LogP contribution >= 0.6 is 34.8 Å². The van der Waals surface area contributed by atoms with Crippen molar-refractivity contribution in [2.24, 2.45) is 0 Å². The van der Waals surface area contributed by atoms with Gasteiger partial charge in [0.1, 0.15) is 11.6 Å². The summed E-state index contributed by atoms with van der Waals surface area (Å²) in [6.45, 7) is 0. The molecule has 160 valence electrons. The molecule has 9 heteroatoms. The Morgan fingerprint density at radius 3 is 2.39 bits per heavy atom. The summed E-state index contributed by atoms with van der Waals surface area (Å²) in [7, 11) is 0. The van der Waals surface area contributed by atoms with E-state index in [2.05, 4.69) is 21.0 Å².